The zero-order chi connectivity index (χ0) is 11.7. The van der Waals surface area contributed by atoms with Gasteiger partial charge >= 0.3 is 0 Å². The van der Waals surface area contributed by atoms with Crippen LogP contribution in [0.25, 0.3) is 0 Å². The van der Waals surface area contributed by atoms with E-state index < -0.39 is 0 Å². The standard InChI is InChI=1S/C15H32/c1-6-9-10-11-12-15(13(4)7-2)14(5)8-3/h13-15H,6-12H2,1-5H3. The summed E-state index contributed by atoms with van der Waals surface area (Å²) in [6, 6.07) is 0. The largest absolute Gasteiger partial charge is 0.0654 e. The minimum Gasteiger partial charge on any atom is -0.0654 e. The van der Waals surface area contributed by atoms with Crippen molar-refractivity contribution >= 4 is 0 Å². The fraction of sp³-hybridized carbons (Fsp3) is 1.00. The van der Waals surface area contributed by atoms with Crippen molar-refractivity contribution in [2.24, 2.45) is 17.8 Å². The molecule has 0 amide bonds. The fourth-order valence-corrected chi connectivity index (χ4v) is 2.54. The minimum atomic E-state index is 0.918. The lowest BCUT2D eigenvalue weighted by Crippen LogP contribution is -2.19. The first-order valence-electron chi connectivity index (χ1n) is 7.17. The van der Waals surface area contributed by atoms with Crippen LogP contribution in [0.15, 0.2) is 0 Å². The van der Waals surface area contributed by atoms with E-state index in [9.17, 15) is 0 Å². The average Bonchev–Trinajstić information content (AvgIpc) is 2.27. The van der Waals surface area contributed by atoms with Crippen LogP contribution >= 0.6 is 0 Å². The van der Waals surface area contributed by atoms with Gasteiger partial charge in [-0.2, -0.15) is 0 Å². The van der Waals surface area contributed by atoms with E-state index in [1.54, 1.807) is 0 Å². The molecule has 0 rings (SSSR count). The maximum Gasteiger partial charge on any atom is -0.0363 e. The van der Waals surface area contributed by atoms with E-state index in [0.29, 0.717) is 0 Å². The molecule has 0 fully saturated rings. The third-order valence-electron chi connectivity index (χ3n) is 4.14. The summed E-state index contributed by atoms with van der Waals surface area (Å²) >= 11 is 0. The molecule has 0 aliphatic heterocycles. The van der Waals surface area contributed by atoms with E-state index in [4.69, 9.17) is 0 Å². The van der Waals surface area contributed by atoms with Crippen molar-refractivity contribution in [3.8, 4) is 0 Å². The van der Waals surface area contributed by atoms with Gasteiger partial charge in [-0.05, 0) is 24.2 Å². The Kier molecular flexibility index (Phi) is 9.24. The van der Waals surface area contributed by atoms with Gasteiger partial charge in [-0.15, -0.1) is 0 Å². The summed E-state index contributed by atoms with van der Waals surface area (Å²) in [5, 5.41) is 0. The second-order valence-corrected chi connectivity index (χ2v) is 5.28. The Bertz CT molecular complexity index is 118. The Morgan fingerprint density at radius 1 is 0.733 bits per heavy atom. The third kappa shape index (κ3) is 6.22. The fourth-order valence-electron chi connectivity index (χ4n) is 2.54. The first kappa shape index (κ1) is 15.0. The van der Waals surface area contributed by atoms with Crippen LogP contribution < -0.4 is 0 Å². The molecule has 92 valence electrons. The molecular weight excluding hydrogens is 180 g/mol. The van der Waals surface area contributed by atoms with E-state index in [2.05, 4.69) is 34.6 Å². The van der Waals surface area contributed by atoms with Crippen LogP contribution in [0, 0.1) is 17.8 Å². The van der Waals surface area contributed by atoms with E-state index in [1.807, 2.05) is 0 Å². The lowest BCUT2D eigenvalue weighted by atomic mass is 9.77. The zero-order valence-corrected chi connectivity index (χ0v) is 11.7. The molecule has 0 heterocycles. The Morgan fingerprint density at radius 2 is 1.27 bits per heavy atom. The highest BCUT2D eigenvalue weighted by molar-refractivity contribution is 4.70. The smallest absolute Gasteiger partial charge is 0.0363 e. The van der Waals surface area contributed by atoms with Crippen LogP contribution in [-0.2, 0) is 0 Å². The number of hydrogen-bond acceptors (Lipinski definition) is 0. The van der Waals surface area contributed by atoms with Crippen LogP contribution in [0.1, 0.15) is 79.6 Å². The summed E-state index contributed by atoms with van der Waals surface area (Å²) in [5.74, 6) is 2.81. The molecule has 0 aliphatic carbocycles. The van der Waals surface area contributed by atoms with Gasteiger partial charge in [0.1, 0.15) is 0 Å². The van der Waals surface area contributed by atoms with Crippen LogP contribution in [-0.4, -0.2) is 0 Å². The Balaban J connectivity index is 3.90. The molecule has 2 atom stereocenters. The van der Waals surface area contributed by atoms with Gasteiger partial charge < -0.3 is 0 Å². The second kappa shape index (κ2) is 9.24. The van der Waals surface area contributed by atoms with Gasteiger partial charge in [0.25, 0.3) is 0 Å². The van der Waals surface area contributed by atoms with E-state index in [1.165, 1.54) is 44.9 Å². The molecule has 0 nitrogen and oxygen atoms in total. The minimum absolute atomic E-state index is 0.918. The van der Waals surface area contributed by atoms with E-state index in [0.717, 1.165) is 17.8 Å². The molecule has 0 aliphatic rings. The van der Waals surface area contributed by atoms with Crippen molar-refractivity contribution in [3.05, 3.63) is 0 Å². The van der Waals surface area contributed by atoms with Crippen molar-refractivity contribution in [2.75, 3.05) is 0 Å². The summed E-state index contributed by atoms with van der Waals surface area (Å²) in [6.07, 6.45) is 9.84. The molecule has 0 saturated carbocycles. The summed E-state index contributed by atoms with van der Waals surface area (Å²) in [5.41, 5.74) is 0. The van der Waals surface area contributed by atoms with Gasteiger partial charge in [0.05, 0.1) is 0 Å². The van der Waals surface area contributed by atoms with E-state index >= 15 is 0 Å². The molecule has 0 aromatic heterocycles. The maximum absolute atomic E-state index is 2.44. The lowest BCUT2D eigenvalue weighted by molar-refractivity contribution is 0.221. The normalized spacial score (nSPS) is 17.4. The molecule has 2 unspecified atom stereocenters. The highest BCUT2D eigenvalue weighted by Gasteiger charge is 2.20. The third-order valence-corrected chi connectivity index (χ3v) is 4.14. The van der Waals surface area contributed by atoms with Gasteiger partial charge in [-0.3, -0.25) is 0 Å². The summed E-state index contributed by atoms with van der Waals surface area (Å²) in [4.78, 5) is 0. The zero-order valence-electron chi connectivity index (χ0n) is 11.7. The molecule has 0 aromatic rings. The van der Waals surface area contributed by atoms with Crippen molar-refractivity contribution < 1.29 is 0 Å². The predicted molar refractivity (Wildman–Crippen MR) is 71.2 cm³/mol. The molecule has 0 heteroatoms. The monoisotopic (exact) mass is 212 g/mol. The predicted octanol–water partition coefficient (Wildman–Crippen LogP) is 5.67. The molecular formula is C15H32. The van der Waals surface area contributed by atoms with Gasteiger partial charge in [-0.25, -0.2) is 0 Å². The number of unbranched alkanes of at least 4 members (excludes halogenated alkanes) is 3. The first-order chi connectivity index (χ1) is 7.17. The maximum atomic E-state index is 2.44. The average molecular weight is 212 g/mol. The van der Waals surface area contributed by atoms with E-state index in [-0.39, 0.29) is 0 Å². The second-order valence-electron chi connectivity index (χ2n) is 5.28. The van der Waals surface area contributed by atoms with Crippen LogP contribution in [0.3, 0.4) is 0 Å². The van der Waals surface area contributed by atoms with Crippen LogP contribution in [0.4, 0.5) is 0 Å². The summed E-state index contributed by atoms with van der Waals surface area (Å²) < 4.78 is 0. The van der Waals surface area contributed by atoms with Crippen molar-refractivity contribution in [1.82, 2.24) is 0 Å². The molecule has 0 radical (unpaired) electrons. The van der Waals surface area contributed by atoms with Crippen molar-refractivity contribution in [2.45, 2.75) is 79.6 Å². The van der Waals surface area contributed by atoms with Crippen molar-refractivity contribution in [3.63, 3.8) is 0 Å². The molecule has 0 aromatic carbocycles. The molecule has 0 N–H and O–H groups in total. The van der Waals surface area contributed by atoms with Gasteiger partial charge in [0.2, 0.25) is 0 Å². The van der Waals surface area contributed by atoms with Crippen LogP contribution in [0.5, 0.6) is 0 Å². The quantitative estimate of drug-likeness (QED) is 0.432. The molecule has 15 heavy (non-hydrogen) atoms. The first-order valence-corrected chi connectivity index (χ1v) is 7.17. The topological polar surface area (TPSA) is 0 Å². The van der Waals surface area contributed by atoms with Gasteiger partial charge in [0.15, 0.2) is 0 Å². The van der Waals surface area contributed by atoms with Gasteiger partial charge in [-0.1, -0.05) is 73.1 Å². The Morgan fingerprint density at radius 3 is 1.67 bits per heavy atom. The SMILES string of the molecule is CCCCCCC(C(C)CC)C(C)CC. The molecule has 0 bridgehead atoms. The summed E-state index contributed by atoms with van der Waals surface area (Å²) in [6.45, 7) is 11.9. The molecule has 0 spiro atoms. The van der Waals surface area contributed by atoms with Gasteiger partial charge in [0, 0.05) is 0 Å². The highest BCUT2D eigenvalue weighted by atomic mass is 14.3. The molecule has 0 saturated heterocycles. The Hall–Kier alpha value is 0. The van der Waals surface area contributed by atoms with Crippen LogP contribution in [0.2, 0.25) is 0 Å². The summed E-state index contributed by atoms with van der Waals surface area (Å²) in [7, 11) is 0. The highest BCUT2D eigenvalue weighted by Crippen LogP contribution is 2.30. The number of rotatable bonds is 9. The number of hydrogen-bond donors (Lipinski definition) is 0. The van der Waals surface area contributed by atoms with Crippen molar-refractivity contribution in [1.29, 1.82) is 0 Å². The Labute approximate surface area is 97.8 Å². The lowest BCUT2D eigenvalue weighted by Gasteiger charge is -2.28.